The van der Waals surface area contributed by atoms with Crippen molar-refractivity contribution in [3.05, 3.63) is 23.3 Å². The molecule has 18 heavy (non-hydrogen) atoms. The number of benzene rings is 1. The van der Waals surface area contributed by atoms with Crippen LogP contribution in [0.5, 0.6) is 0 Å². The van der Waals surface area contributed by atoms with E-state index < -0.39 is 0 Å². The van der Waals surface area contributed by atoms with E-state index in [1.165, 1.54) is 15.8 Å². The third-order valence-electron chi connectivity index (χ3n) is 3.39. The van der Waals surface area contributed by atoms with Gasteiger partial charge in [0.05, 0.1) is 16.3 Å². The molecule has 1 amide bonds. The Hall–Kier alpha value is -1.62. The maximum absolute atomic E-state index is 11.1. The van der Waals surface area contributed by atoms with Gasteiger partial charge in [-0.3, -0.25) is 4.79 Å². The molecule has 1 aliphatic heterocycles. The van der Waals surface area contributed by atoms with Crippen LogP contribution in [0.25, 0.3) is 10.2 Å². The van der Waals surface area contributed by atoms with E-state index in [1.54, 1.807) is 11.3 Å². The summed E-state index contributed by atoms with van der Waals surface area (Å²) in [6.07, 6.45) is 0.536. The Bertz CT molecular complexity index is 620. The average Bonchev–Trinajstić information content (AvgIpc) is 2.91. The molecule has 2 N–H and O–H groups in total. The number of fused-ring (bicyclic) bond motifs is 1. The molecule has 2 heterocycles. The predicted molar refractivity (Wildman–Crippen MR) is 74.1 cm³/mol. The van der Waals surface area contributed by atoms with Gasteiger partial charge < -0.3 is 10.6 Å². The normalized spacial score (nSPS) is 19.2. The maximum Gasteiger partial charge on any atom is 0.222 e. The van der Waals surface area contributed by atoms with Gasteiger partial charge in [0.25, 0.3) is 0 Å². The fraction of sp³-hybridized carbons (Fsp3) is 0.385. The number of anilines is 1. The van der Waals surface area contributed by atoms with Gasteiger partial charge in [0.1, 0.15) is 0 Å². The van der Waals surface area contributed by atoms with Crippen molar-refractivity contribution in [3.8, 4) is 0 Å². The number of nitrogens with zero attached hydrogens (tertiary/aromatic N) is 1. The van der Waals surface area contributed by atoms with Crippen LogP contribution in [0.15, 0.2) is 12.1 Å². The van der Waals surface area contributed by atoms with E-state index in [-0.39, 0.29) is 11.9 Å². The molecule has 1 aromatic carbocycles. The highest BCUT2D eigenvalue weighted by molar-refractivity contribution is 7.22. The summed E-state index contributed by atoms with van der Waals surface area (Å²) in [6, 6.07) is 4.40. The van der Waals surface area contributed by atoms with Crippen molar-refractivity contribution in [1.29, 1.82) is 0 Å². The minimum atomic E-state index is 0.112. The van der Waals surface area contributed by atoms with Gasteiger partial charge in [-0.1, -0.05) is 17.4 Å². The summed E-state index contributed by atoms with van der Waals surface area (Å²) >= 11 is 1.65. The van der Waals surface area contributed by atoms with E-state index in [1.807, 2.05) is 0 Å². The Morgan fingerprint density at radius 3 is 3.00 bits per heavy atom. The lowest BCUT2D eigenvalue weighted by atomic mass is 10.1. The number of nitrogens with one attached hydrogen (secondary N) is 2. The molecule has 1 aromatic heterocycles. The second-order valence-electron chi connectivity index (χ2n) is 4.72. The van der Waals surface area contributed by atoms with E-state index in [0.29, 0.717) is 13.0 Å². The topological polar surface area (TPSA) is 54.0 Å². The Balaban J connectivity index is 1.89. The molecule has 1 aliphatic rings. The van der Waals surface area contributed by atoms with E-state index in [9.17, 15) is 4.79 Å². The van der Waals surface area contributed by atoms with E-state index >= 15 is 0 Å². The molecule has 5 heteroatoms. The number of rotatable bonds is 2. The average molecular weight is 261 g/mol. The van der Waals surface area contributed by atoms with E-state index in [0.717, 1.165) is 10.6 Å². The predicted octanol–water partition coefficient (Wildman–Crippen LogP) is 2.21. The van der Waals surface area contributed by atoms with Gasteiger partial charge in [0.15, 0.2) is 5.13 Å². The summed E-state index contributed by atoms with van der Waals surface area (Å²) in [5, 5.41) is 7.05. The molecule has 0 spiro atoms. The van der Waals surface area contributed by atoms with Crippen LogP contribution < -0.4 is 10.6 Å². The van der Waals surface area contributed by atoms with Crippen LogP contribution in [0.1, 0.15) is 17.5 Å². The second-order valence-corrected chi connectivity index (χ2v) is 5.75. The molecule has 1 saturated heterocycles. The summed E-state index contributed by atoms with van der Waals surface area (Å²) in [7, 11) is 0. The quantitative estimate of drug-likeness (QED) is 0.871. The third kappa shape index (κ3) is 1.95. The van der Waals surface area contributed by atoms with Crippen LogP contribution in [0.3, 0.4) is 0 Å². The van der Waals surface area contributed by atoms with Gasteiger partial charge in [-0.25, -0.2) is 4.98 Å². The zero-order valence-electron chi connectivity index (χ0n) is 10.4. The van der Waals surface area contributed by atoms with Gasteiger partial charge in [0, 0.05) is 13.0 Å². The van der Waals surface area contributed by atoms with Crippen molar-refractivity contribution >= 4 is 32.6 Å². The van der Waals surface area contributed by atoms with Gasteiger partial charge in [-0.15, -0.1) is 0 Å². The summed E-state index contributed by atoms with van der Waals surface area (Å²) in [4.78, 5) is 15.8. The molecule has 0 saturated carbocycles. The van der Waals surface area contributed by atoms with Crippen LogP contribution in [-0.4, -0.2) is 23.5 Å². The largest absolute Gasteiger partial charge is 0.356 e. The smallest absolute Gasteiger partial charge is 0.222 e. The highest BCUT2D eigenvalue weighted by Gasteiger charge is 2.22. The molecule has 94 valence electrons. The first-order valence-corrected chi connectivity index (χ1v) is 6.85. The summed E-state index contributed by atoms with van der Waals surface area (Å²) in [5.41, 5.74) is 3.56. The monoisotopic (exact) mass is 261 g/mol. The van der Waals surface area contributed by atoms with Crippen molar-refractivity contribution in [2.24, 2.45) is 0 Å². The minimum absolute atomic E-state index is 0.112. The number of aromatic nitrogens is 1. The lowest BCUT2D eigenvalue weighted by Gasteiger charge is -2.07. The SMILES string of the molecule is Cc1ccc2sc(NC3CNC(=O)C3)nc2c1C. The number of thiazole rings is 1. The number of aryl methyl sites for hydroxylation is 2. The number of amides is 1. The summed E-state index contributed by atoms with van der Waals surface area (Å²) in [6.45, 7) is 4.88. The lowest BCUT2D eigenvalue weighted by Crippen LogP contribution is -2.22. The molecule has 1 unspecified atom stereocenters. The summed E-state index contributed by atoms with van der Waals surface area (Å²) < 4.78 is 1.19. The van der Waals surface area contributed by atoms with Crippen LogP contribution in [-0.2, 0) is 4.79 Å². The van der Waals surface area contributed by atoms with Crippen molar-refractivity contribution in [1.82, 2.24) is 10.3 Å². The molecule has 0 aliphatic carbocycles. The third-order valence-corrected chi connectivity index (χ3v) is 4.34. The number of carbonyl (C=O) groups is 1. The first-order valence-electron chi connectivity index (χ1n) is 6.03. The standard InChI is InChI=1S/C13H15N3OS/c1-7-3-4-10-12(8(7)2)16-13(18-10)15-9-5-11(17)14-6-9/h3-4,9H,5-6H2,1-2H3,(H,14,17)(H,15,16). The Labute approximate surface area is 109 Å². The van der Waals surface area contributed by atoms with Gasteiger partial charge in [0.2, 0.25) is 5.91 Å². The van der Waals surface area contributed by atoms with Crippen LogP contribution in [0.4, 0.5) is 5.13 Å². The second kappa shape index (κ2) is 4.24. The fourth-order valence-corrected chi connectivity index (χ4v) is 3.17. The van der Waals surface area contributed by atoms with E-state index in [2.05, 4.69) is 41.6 Å². The van der Waals surface area contributed by atoms with Crippen LogP contribution in [0, 0.1) is 13.8 Å². The Morgan fingerprint density at radius 2 is 2.28 bits per heavy atom. The zero-order chi connectivity index (χ0) is 12.7. The molecule has 3 rings (SSSR count). The molecule has 1 atom stereocenters. The van der Waals surface area contributed by atoms with E-state index in [4.69, 9.17) is 0 Å². The van der Waals surface area contributed by atoms with Gasteiger partial charge in [-0.2, -0.15) is 0 Å². The van der Waals surface area contributed by atoms with Crippen molar-refractivity contribution < 1.29 is 4.79 Å². The van der Waals surface area contributed by atoms with Crippen molar-refractivity contribution in [2.45, 2.75) is 26.3 Å². The zero-order valence-corrected chi connectivity index (χ0v) is 11.2. The molecule has 2 aromatic rings. The molecule has 0 radical (unpaired) electrons. The lowest BCUT2D eigenvalue weighted by molar-refractivity contribution is -0.119. The molecule has 0 bridgehead atoms. The van der Waals surface area contributed by atoms with Crippen molar-refractivity contribution in [3.63, 3.8) is 0 Å². The van der Waals surface area contributed by atoms with Gasteiger partial charge >= 0.3 is 0 Å². The highest BCUT2D eigenvalue weighted by atomic mass is 32.1. The molecular weight excluding hydrogens is 246 g/mol. The first-order chi connectivity index (χ1) is 8.63. The number of hydrogen-bond donors (Lipinski definition) is 2. The Morgan fingerprint density at radius 1 is 1.44 bits per heavy atom. The molecule has 1 fully saturated rings. The minimum Gasteiger partial charge on any atom is -0.356 e. The molecule has 4 nitrogen and oxygen atoms in total. The number of carbonyl (C=O) groups excluding carboxylic acids is 1. The van der Waals surface area contributed by atoms with Gasteiger partial charge in [-0.05, 0) is 31.0 Å². The van der Waals surface area contributed by atoms with Crippen LogP contribution >= 0.6 is 11.3 Å². The first kappa shape index (κ1) is 11.5. The fourth-order valence-electron chi connectivity index (χ4n) is 2.17. The molecular formula is C13H15N3OS. The summed E-state index contributed by atoms with van der Waals surface area (Å²) in [5.74, 6) is 0.112. The van der Waals surface area contributed by atoms with Crippen molar-refractivity contribution in [2.75, 3.05) is 11.9 Å². The maximum atomic E-state index is 11.1. The highest BCUT2D eigenvalue weighted by Crippen LogP contribution is 2.30. The van der Waals surface area contributed by atoms with Crippen LogP contribution in [0.2, 0.25) is 0 Å². The Kier molecular flexibility index (Phi) is 2.70. The number of hydrogen-bond acceptors (Lipinski definition) is 4.